The maximum Gasteiger partial charge on any atom is 0.328 e. The minimum atomic E-state index is -0.513. The third-order valence-electron chi connectivity index (χ3n) is 5.58. The number of piperazine rings is 1. The van der Waals surface area contributed by atoms with Crippen LogP contribution in [0.3, 0.4) is 0 Å². The zero-order chi connectivity index (χ0) is 23.0. The Labute approximate surface area is 193 Å². The molecule has 0 aliphatic carbocycles. The van der Waals surface area contributed by atoms with Gasteiger partial charge in [0.1, 0.15) is 0 Å². The van der Waals surface area contributed by atoms with Crippen molar-refractivity contribution >= 4 is 45.9 Å². The molecule has 0 spiro atoms. The predicted molar refractivity (Wildman–Crippen MR) is 123 cm³/mol. The van der Waals surface area contributed by atoms with Crippen molar-refractivity contribution in [2.45, 2.75) is 13.5 Å². The van der Waals surface area contributed by atoms with Crippen LogP contribution in [0.2, 0.25) is 10.0 Å². The normalized spacial score (nSPS) is 14.1. The van der Waals surface area contributed by atoms with Gasteiger partial charge in [0.2, 0.25) is 0 Å². The Kier molecular flexibility index (Phi) is 6.08. The molecule has 32 heavy (non-hydrogen) atoms. The number of halogens is 2. The first-order chi connectivity index (χ1) is 15.3. The van der Waals surface area contributed by atoms with Gasteiger partial charge in [-0.05, 0) is 37.3 Å². The molecule has 4 rings (SSSR count). The van der Waals surface area contributed by atoms with Gasteiger partial charge >= 0.3 is 5.69 Å². The molecule has 2 heterocycles. The fourth-order valence-electron chi connectivity index (χ4n) is 3.81. The smallest absolute Gasteiger partial charge is 0.328 e. The summed E-state index contributed by atoms with van der Waals surface area (Å²) in [5.41, 5.74) is 0.105. The summed E-state index contributed by atoms with van der Waals surface area (Å²) in [5, 5.41) is 0.869. The van der Waals surface area contributed by atoms with Crippen LogP contribution < -0.4 is 11.2 Å². The molecule has 0 bridgehead atoms. The summed E-state index contributed by atoms with van der Waals surface area (Å²) in [5.74, 6) is -0.472. The molecule has 2 aromatic carbocycles. The van der Waals surface area contributed by atoms with Gasteiger partial charge in [-0.15, -0.1) is 0 Å². The van der Waals surface area contributed by atoms with Crippen LogP contribution in [0.15, 0.2) is 46.0 Å². The van der Waals surface area contributed by atoms with Gasteiger partial charge < -0.3 is 14.8 Å². The third-order valence-corrected chi connectivity index (χ3v) is 6.40. The van der Waals surface area contributed by atoms with E-state index in [1.54, 1.807) is 47.1 Å². The predicted octanol–water partition coefficient (Wildman–Crippen LogP) is 2.61. The first-order valence-electron chi connectivity index (χ1n) is 10.1. The van der Waals surface area contributed by atoms with E-state index < -0.39 is 11.2 Å². The van der Waals surface area contributed by atoms with Crippen LogP contribution in [0.4, 0.5) is 0 Å². The first-order valence-corrected chi connectivity index (χ1v) is 10.9. The third kappa shape index (κ3) is 3.91. The monoisotopic (exact) mass is 474 g/mol. The molecule has 1 fully saturated rings. The van der Waals surface area contributed by atoms with Crippen LogP contribution >= 0.6 is 23.2 Å². The lowest BCUT2D eigenvalue weighted by molar-refractivity contribution is 0.0535. The largest absolute Gasteiger partial charge is 0.335 e. The molecular formula is C22H20Cl2N4O4. The van der Waals surface area contributed by atoms with Crippen molar-refractivity contribution in [2.24, 2.45) is 0 Å². The Morgan fingerprint density at radius 1 is 0.969 bits per heavy atom. The van der Waals surface area contributed by atoms with Crippen LogP contribution in [0.25, 0.3) is 10.9 Å². The number of nitrogens with zero attached hydrogens (tertiary/aromatic N) is 3. The summed E-state index contributed by atoms with van der Waals surface area (Å²) in [6, 6.07) is 9.55. The molecular weight excluding hydrogens is 455 g/mol. The Hall–Kier alpha value is -3.10. The molecule has 0 saturated carbocycles. The number of carbonyl (C=O) groups excluding carboxylic acids is 2. The first kappa shape index (κ1) is 22.1. The number of H-pyrrole nitrogens is 1. The van der Waals surface area contributed by atoms with Crippen LogP contribution in [-0.4, -0.2) is 57.3 Å². The lowest BCUT2D eigenvalue weighted by atomic mass is 10.1. The number of rotatable bonds is 3. The van der Waals surface area contributed by atoms with Crippen LogP contribution in [-0.2, 0) is 6.54 Å². The van der Waals surface area contributed by atoms with E-state index in [2.05, 4.69) is 4.98 Å². The number of nitrogens with one attached hydrogen (secondary N) is 1. The second-order valence-electron chi connectivity index (χ2n) is 7.43. The minimum absolute atomic E-state index is 0.213. The van der Waals surface area contributed by atoms with E-state index >= 15 is 0 Å². The number of hydrogen-bond acceptors (Lipinski definition) is 4. The van der Waals surface area contributed by atoms with Gasteiger partial charge in [0, 0.05) is 38.3 Å². The molecule has 0 radical (unpaired) electrons. The number of hydrogen-bond donors (Lipinski definition) is 1. The van der Waals surface area contributed by atoms with Crippen molar-refractivity contribution in [3.05, 3.63) is 78.4 Å². The fourth-order valence-corrected chi connectivity index (χ4v) is 4.19. The Morgan fingerprint density at radius 3 is 2.28 bits per heavy atom. The lowest BCUT2D eigenvalue weighted by Gasteiger charge is -2.35. The number of benzene rings is 2. The number of aromatic amines is 1. The maximum absolute atomic E-state index is 13.0. The zero-order valence-corrected chi connectivity index (χ0v) is 18.7. The molecule has 1 aliphatic heterocycles. The van der Waals surface area contributed by atoms with Gasteiger partial charge in [-0.3, -0.25) is 19.0 Å². The number of fused-ring (bicyclic) bond motifs is 1. The molecule has 0 atom stereocenters. The van der Waals surface area contributed by atoms with E-state index in [1.807, 2.05) is 0 Å². The van der Waals surface area contributed by atoms with Crippen molar-refractivity contribution in [3.8, 4) is 0 Å². The number of amides is 2. The van der Waals surface area contributed by atoms with E-state index in [4.69, 9.17) is 23.2 Å². The summed E-state index contributed by atoms with van der Waals surface area (Å²) in [6.07, 6.45) is 0. The summed E-state index contributed by atoms with van der Waals surface area (Å²) >= 11 is 12.2. The topological polar surface area (TPSA) is 95.5 Å². The molecule has 1 N–H and O–H groups in total. The van der Waals surface area contributed by atoms with Gasteiger partial charge in [-0.1, -0.05) is 29.3 Å². The summed E-state index contributed by atoms with van der Waals surface area (Å²) in [6.45, 7) is 3.35. The van der Waals surface area contributed by atoms with E-state index in [0.29, 0.717) is 53.2 Å². The van der Waals surface area contributed by atoms with E-state index in [9.17, 15) is 19.2 Å². The number of carbonyl (C=O) groups is 2. The van der Waals surface area contributed by atoms with Crippen molar-refractivity contribution < 1.29 is 9.59 Å². The number of aromatic nitrogens is 2. The second kappa shape index (κ2) is 8.80. The Balaban J connectivity index is 1.50. The quantitative estimate of drug-likeness (QED) is 0.630. The van der Waals surface area contributed by atoms with Crippen molar-refractivity contribution in [1.82, 2.24) is 19.4 Å². The van der Waals surface area contributed by atoms with Gasteiger partial charge in [-0.2, -0.15) is 0 Å². The highest BCUT2D eigenvalue weighted by Crippen LogP contribution is 2.27. The van der Waals surface area contributed by atoms with Crippen molar-refractivity contribution in [2.75, 3.05) is 26.2 Å². The van der Waals surface area contributed by atoms with Gasteiger partial charge in [0.15, 0.2) is 0 Å². The fraction of sp³-hybridized carbons (Fsp3) is 0.273. The van der Waals surface area contributed by atoms with E-state index in [-0.39, 0.29) is 23.4 Å². The molecule has 8 nitrogen and oxygen atoms in total. The SMILES string of the molecule is CCn1c(=O)[nH]c2cc(C(=O)N3CCN(C(=O)c4cccc(Cl)c4Cl)CC3)ccc2c1=O. The molecule has 1 aromatic heterocycles. The Morgan fingerprint density at radius 2 is 1.62 bits per heavy atom. The summed E-state index contributed by atoms with van der Waals surface area (Å²) < 4.78 is 1.10. The molecule has 166 valence electrons. The highest BCUT2D eigenvalue weighted by Gasteiger charge is 2.27. The average molecular weight is 475 g/mol. The average Bonchev–Trinajstić information content (AvgIpc) is 2.80. The molecule has 0 unspecified atom stereocenters. The van der Waals surface area contributed by atoms with Crippen LogP contribution in [0, 0.1) is 0 Å². The molecule has 10 heteroatoms. The van der Waals surface area contributed by atoms with Gasteiger partial charge in [0.05, 0.1) is 26.5 Å². The standard InChI is InChI=1S/C22H20Cl2N4O4/c1-2-28-21(31)14-7-6-13(12-17(14)25-22(28)32)19(29)26-8-10-27(11-9-26)20(30)15-4-3-5-16(23)18(15)24/h3-7,12H,2,8-11H2,1H3,(H,25,32). The van der Waals surface area contributed by atoms with Crippen molar-refractivity contribution in [1.29, 1.82) is 0 Å². The summed E-state index contributed by atoms with van der Waals surface area (Å²) in [4.78, 5) is 56.2. The zero-order valence-electron chi connectivity index (χ0n) is 17.2. The second-order valence-corrected chi connectivity index (χ2v) is 8.21. The highest BCUT2D eigenvalue weighted by atomic mass is 35.5. The lowest BCUT2D eigenvalue weighted by Crippen LogP contribution is -2.50. The maximum atomic E-state index is 13.0. The van der Waals surface area contributed by atoms with E-state index in [0.717, 1.165) is 4.57 Å². The van der Waals surface area contributed by atoms with E-state index in [1.165, 1.54) is 6.07 Å². The molecule has 1 saturated heterocycles. The van der Waals surface area contributed by atoms with Crippen molar-refractivity contribution in [3.63, 3.8) is 0 Å². The molecule has 3 aromatic rings. The van der Waals surface area contributed by atoms with Gasteiger partial charge in [-0.25, -0.2) is 4.79 Å². The minimum Gasteiger partial charge on any atom is -0.335 e. The van der Waals surface area contributed by atoms with Crippen LogP contribution in [0.5, 0.6) is 0 Å². The molecule has 2 amide bonds. The van der Waals surface area contributed by atoms with Gasteiger partial charge in [0.25, 0.3) is 17.4 Å². The Bertz CT molecular complexity index is 1340. The summed E-state index contributed by atoms with van der Waals surface area (Å²) in [7, 11) is 0. The highest BCUT2D eigenvalue weighted by molar-refractivity contribution is 6.43. The van der Waals surface area contributed by atoms with Crippen LogP contribution in [0.1, 0.15) is 27.6 Å². The molecule has 1 aliphatic rings.